The second kappa shape index (κ2) is 10.2. The molecule has 21 heavy (non-hydrogen) atoms. The lowest BCUT2D eigenvalue weighted by molar-refractivity contribution is -0.121. The second-order valence-corrected chi connectivity index (χ2v) is 5.28. The van der Waals surface area contributed by atoms with Gasteiger partial charge in [0.05, 0.1) is 7.11 Å². The number of methoxy groups -OCH3 is 1. The van der Waals surface area contributed by atoms with E-state index >= 15 is 0 Å². The van der Waals surface area contributed by atoms with Crippen LogP contribution in [0.3, 0.4) is 0 Å². The van der Waals surface area contributed by atoms with Crippen LogP contribution in [0.4, 0.5) is 0 Å². The van der Waals surface area contributed by atoms with E-state index in [1.165, 1.54) is 0 Å². The highest BCUT2D eigenvalue weighted by Gasteiger charge is 2.10. The molecule has 1 aromatic carbocycles. The van der Waals surface area contributed by atoms with Crippen LogP contribution in [0, 0.1) is 5.92 Å². The predicted molar refractivity (Wildman–Crippen MR) is 84.4 cm³/mol. The lowest BCUT2D eigenvalue weighted by Crippen LogP contribution is -2.30. The minimum Gasteiger partial charge on any atom is -0.496 e. The summed E-state index contributed by atoms with van der Waals surface area (Å²) in [6, 6.07) is 7.77. The number of carbonyl (C=O) groups is 1. The number of carbonyl (C=O) groups excluding carboxylic acids is 1. The molecule has 1 aromatic rings. The largest absolute Gasteiger partial charge is 0.496 e. The van der Waals surface area contributed by atoms with Crippen molar-refractivity contribution in [3.63, 3.8) is 0 Å². The van der Waals surface area contributed by atoms with Crippen LogP contribution in [0.1, 0.15) is 38.2 Å². The van der Waals surface area contributed by atoms with Crippen molar-refractivity contribution in [1.82, 2.24) is 5.32 Å². The van der Waals surface area contributed by atoms with Crippen LogP contribution in [0.25, 0.3) is 0 Å². The van der Waals surface area contributed by atoms with E-state index < -0.39 is 0 Å². The standard InChI is InChI=1S/C17H27NO3/c1-3-6-14(11-12-19)13-18-17(20)10-9-15-7-4-5-8-16(15)21-2/h4-5,7-8,14,19H,3,6,9-13H2,1-2H3,(H,18,20). The number of nitrogens with one attached hydrogen (secondary N) is 1. The van der Waals surface area contributed by atoms with Crippen LogP contribution in [0.5, 0.6) is 5.75 Å². The number of aryl methyl sites for hydroxylation is 1. The van der Waals surface area contributed by atoms with Gasteiger partial charge in [-0.2, -0.15) is 0 Å². The van der Waals surface area contributed by atoms with Gasteiger partial charge in [0.15, 0.2) is 0 Å². The molecule has 1 rings (SSSR count). The zero-order valence-electron chi connectivity index (χ0n) is 13.1. The van der Waals surface area contributed by atoms with E-state index in [0.29, 0.717) is 25.3 Å². The van der Waals surface area contributed by atoms with E-state index in [0.717, 1.165) is 30.6 Å². The van der Waals surface area contributed by atoms with Crippen molar-refractivity contribution in [2.75, 3.05) is 20.3 Å². The van der Waals surface area contributed by atoms with Crippen LogP contribution in [0.2, 0.25) is 0 Å². The zero-order valence-corrected chi connectivity index (χ0v) is 13.1. The molecule has 0 aliphatic rings. The molecule has 1 atom stereocenters. The molecule has 1 unspecified atom stereocenters. The van der Waals surface area contributed by atoms with Crippen molar-refractivity contribution in [2.24, 2.45) is 5.92 Å². The Labute approximate surface area is 127 Å². The molecular weight excluding hydrogens is 266 g/mol. The average molecular weight is 293 g/mol. The van der Waals surface area contributed by atoms with Crippen molar-refractivity contribution >= 4 is 5.91 Å². The summed E-state index contributed by atoms with van der Waals surface area (Å²) in [5, 5.41) is 12.0. The Balaban J connectivity index is 2.36. The summed E-state index contributed by atoms with van der Waals surface area (Å²) in [7, 11) is 1.64. The van der Waals surface area contributed by atoms with Gasteiger partial charge in [-0.05, 0) is 36.8 Å². The molecule has 1 amide bonds. The average Bonchev–Trinajstić information content (AvgIpc) is 2.51. The van der Waals surface area contributed by atoms with E-state index in [9.17, 15) is 4.79 Å². The number of aliphatic hydroxyl groups is 1. The van der Waals surface area contributed by atoms with Crippen molar-refractivity contribution < 1.29 is 14.6 Å². The predicted octanol–water partition coefficient (Wildman–Crippen LogP) is 2.54. The third kappa shape index (κ3) is 6.63. The van der Waals surface area contributed by atoms with E-state index in [4.69, 9.17) is 9.84 Å². The van der Waals surface area contributed by atoms with Crippen LogP contribution in [-0.4, -0.2) is 31.3 Å². The first-order chi connectivity index (χ1) is 10.2. The molecule has 0 aliphatic carbocycles. The Hall–Kier alpha value is -1.55. The highest BCUT2D eigenvalue weighted by molar-refractivity contribution is 5.76. The van der Waals surface area contributed by atoms with Crippen molar-refractivity contribution in [1.29, 1.82) is 0 Å². The van der Waals surface area contributed by atoms with Crippen LogP contribution in [-0.2, 0) is 11.2 Å². The molecule has 2 N–H and O–H groups in total. The Bertz CT molecular complexity index is 414. The number of benzene rings is 1. The molecule has 0 heterocycles. The number of ether oxygens (including phenoxy) is 1. The molecule has 0 aromatic heterocycles. The molecule has 0 bridgehead atoms. The van der Waals surface area contributed by atoms with Gasteiger partial charge in [-0.25, -0.2) is 0 Å². The Morgan fingerprint density at radius 3 is 2.76 bits per heavy atom. The first kappa shape index (κ1) is 17.5. The number of hydrogen-bond acceptors (Lipinski definition) is 3. The molecule has 0 aliphatic heterocycles. The van der Waals surface area contributed by atoms with Crippen molar-refractivity contribution in [3.05, 3.63) is 29.8 Å². The maximum absolute atomic E-state index is 11.9. The van der Waals surface area contributed by atoms with Gasteiger partial charge >= 0.3 is 0 Å². The SMILES string of the molecule is CCCC(CCO)CNC(=O)CCc1ccccc1OC. The van der Waals surface area contributed by atoms with Gasteiger partial charge in [-0.3, -0.25) is 4.79 Å². The van der Waals surface area contributed by atoms with Gasteiger partial charge in [0.2, 0.25) is 5.91 Å². The van der Waals surface area contributed by atoms with Crippen molar-refractivity contribution in [3.8, 4) is 5.75 Å². The zero-order chi connectivity index (χ0) is 15.5. The van der Waals surface area contributed by atoms with Gasteiger partial charge < -0.3 is 15.2 Å². The molecule has 0 spiro atoms. The summed E-state index contributed by atoms with van der Waals surface area (Å²) in [4.78, 5) is 11.9. The van der Waals surface area contributed by atoms with Gasteiger partial charge in [-0.1, -0.05) is 31.5 Å². The molecule has 4 heteroatoms. The normalized spacial score (nSPS) is 12.0. The minimum atomic E-state index is 0.0555. The topological polar surface area (TPSA) is 58.6 Å². The van der Waals surface area contributed by atoms with Gasteiger partial charge in [-0.15, -0.1) is 0 Å². The smallest absolute Gasteiger partial charge is 0.220 e. The summed E-state index contributed by atoms with van der Waals surface area (Å²) in [5.41, 5.74) is 1.05. The third-order valence-electron chi connectivity index (χ3n) is 3.64. The van der Waals surface area contributed by atoms with Crippen molar-refractivity contribution in [2.45, 2.75) is 39.0 Å². The maximum atomic E-state index is 11.9. The fraction of sp³-hybridized carbons (Fsp3) is 0.588. The molecule has 0 saturated heterocycles. The van der Waals surface area contributed by atoms with Gasteiger partial charge in [0, 0.05) is 19.6 Å². The lowest BCUT2D eigenvalue weighted by Gasteiger charge is -2.15. The van der Waals surface area contributed by atoms with E-state index in [-0.39, 0.29) is 12.5 Å². The number of hydrogen-bond donors (Lipinski definition) is 2. The number of para-hydroxylation sites is 1. The number of amides is 1. The Kier molecular flexibility index (Phi) is 8.51. The van der Waals surface area contributed by atoms with E-state index in [1.54, 1.807) is 7.11 Å². The van der Waals surface area contributed by atoms with Gasteiger partial charge in [0.25, 0.3) is 0 Å². The second-order valence-electron chi connectivity index (χ2n) is 5.28. The Morgan fingerprint density at radius 1 is 1.33 bits per heavy atom. The molecule has 0 fully saturated rings. The fourth-order valence-corrected chi connectivity index (χ4v) is 2.44. The van der Waals surface area contributed by atoms with Crippen LogP contribution >= 0.6 is 0 Å². The highest BCUT2D eigenvalue weighted by Crippen LogP contribution is 2.18. The molecule has 4 nitrogen and oxygen atoms in total. The van der Waals surface area contributed by atoms with Gasteiger partial charge in [0.1, 0.15) is 5.75 Å². The van der Waals surface area contributed by atoms with E-state index in [2.05, 4.69) is 12.2 Å². The van der Waals surface area contributed by atoms with Crippen LogP contribution < -0.4 is 10.1 Å². The molecular formula is C17H27NO3. The fourth-order valence-electron chi connectivity index (χ4n) is 2.44. The number of rotatable bonds is 10. The highest BCUT2D eigenvalue weighted by atomic mass is 16.5. The summed E-state index contributed by atoms with van der Waals surface area (Å²) in [6.45, 7) is 2.95. The summed E-state index contributed by atoms with van der Waals surface area (Å²) >= 11 is 0. The first-order valence-electron chi connectivity index (χ1n) is 7.70. The quantitative estimate of drug-likeness (QED) is 0.697. The maximum Gasteiger partial charge on any atom is 0.220 e. The third-order valence-corrected chi connectivity index (χ3v) is 3.64. The molecule has 0 radical (unpaired) electrons. The van der Waals surface area contributed by atoms with E-state index in [1.807, 2.05) is 24.3 Å². The number of aliphatic hydroxyl groups excluding tert-OH is 1. The first-order valence-corrected chi connectivity index (χ1v) is 7.70. The monoisotopic (exact) mass is 293 g/mol. The summed E-state index contributed by atoms with van der Waals surface area (Å²) in [6.07, 6.45) is 3.99. The summed E-state index contributed by atoms with van der Waals surface area (Å²) in [5.74, 6) is 1.25. The summed E-state index contributed by atoms with van der Waals surface area (Å²) < 4.78 is 5.28. The van der Waals surface area contributed by atoms with Crippen LogP contribution in [0.15, 0.2) is 24.3 Å². The molecule has 118 valence electrons. The minimum absolute atomic E-state index is 0.0555. The lowest BCUT2D eigenvalue weighted by atomic mass is 10.00. The molecule has 0 saturated carbocycles. The Morgan fingerprint density at radius 2 is 2.10 bits per heavy atom.